The molecule has 1 rings (SSSR count). The Morgan fingerprint density at radius 2 is 2.11 bits per heavy atom. The SMILES string of the molecule is CC(O)c1csc(NC(=O)C(C)(C)S(C)(=O)=O)n1. The molecule has 0 aliphatic rings. The van der Waals surface area contributed by atoms with Crippen LogP contribution in [0.2, 0.25) is 0 Å². The number of aliphatic hydroxyl groups excluding tert-OH is 1. The normalized spacial score (nSPS) is 14.3. The van der Waals surface area contributed by atoms with Crippen molar-refractivity contribution >= 4 is 32.2 Å². The Labute approximate surface area is 110 Å². The molecule has 0 spiro atoms. The minimum atomic E-state index is -3.52. The minimum Gasteiger partial charge on any atom is -0.387 e. The first-order chi connectivity index (χ1) is 8.05. The Kier molecular flexibility index (Phi) is 4.14. The lowest BCUT2D eigenvalue weighted by Crippen LogP contribution is -2.43. The number of carbonyl (C=O) groups is 1. The minimum absolute atomic E-state index is 0.271. The highest BCUT2D eigenvalue weighted by molar-refractivity contribution is 7.92. The average molecular weight is 292 g/mol. The Balaban J connectivity index is 2.88. The Morgan fingerprint density at radius 1 is 1.56 bits per heavy atom. The number of sulfone groups is 1. The van der Waals surface area contributed by atoms with E-state index in [1.807, 2.05) is 0 Å². The van der Waals surface area contributed by atoms with Gasteiger partial charge in [-0.3, -0.25) is 4.79 Å². The monoisotopic (exact) mass is 292 g/mol. The van der Waals surface area contributed by atoms with Crippen LogP contribution in [0.1, 0.15) is 32.6 Å². The van der Waals surface area contributed by atoms with Gasteiger partial charge in [0.25, 0.3) is 0 Å². The number of nitrogens with zero attached hydrogens (tertiary/aromatic N) is 1. The number of rotatable bonds is 4. The topological polar surface area (TPSA) is 96.4 Å². The summed E-state index contributed by atoms with van der Waals surface area (Å²) in [6, 6.07) is 0. The molecule has 2 N–H and O–H groups in total. The van der Waals surface area contributed by atoms with E-state index in [0.29, 0.717) is 5.69 Å². The molecule has 0 aliphatic heterocycles. The van der Waals surface area contributed by atoms with Crippen LogP contribution >= 0.6 is 11.3 Å². The number of aliphatic hydroxyl groups is 1. The second-order valence-corrected chi connectivity index (χ2v) is 7.91. The predicted molar refractivity (Wildman–Crippen MR) is 70.3 cm³/mol. The molecule has 6 nitrogen and oxygen atoms in total. The zero-order valence-electron chi connectivity index (χ0n) is 10.6. The molecule has 1 unspecified atom stereocenters. The molecule has 0 aliphatic carbocycles. The number of thiazole rings is 1. The zero-order chi connectivity index (χ0) is 14.1. The van der Waals surface area contributed by atoms with Crippen molar-refractivity contribution in [1.82, 2.24) is 4.98 Å². The van der Waals surface area contributed by atoms with Gasteiger partial charge in [-0.05, 0) is 20.8 Å². The molecular formula is C10H16N2O4S2. The molecule has 0 radical (unpaired) electrons. The molecule has 1 amide bonds. The van der Waals surface area contributed by atoms with Gasteiger partial charge in [-0.25, -0.2) is 13.4 Å². The van der Waals surface area contributed by atoms with Crippen molar-refractivity contribution < 1.29 is 18.3 Å². The summed E-state index contributed by atoms with van der Waals surface area (Å²) in [5.41, 5.74) is 0.437. The van der Waals surface area contributed by atoms with E-state index in [9.17, 15) is 18.3 Å². The number of nitrogens with one attached hydrogen (secondary N) is 1. The third-order valence-electron chi connectivity index (χ3n) is 2.64. The number of carbonyl (C=O) groups excluding carboxylic acids is 1. The quantitative estimate of drug-likeness (QED) is 0.861. The van der Waals surface area contributed by atoms with Gasteiger partial charge in [0.2, 0.25) is 5.91 Å². The van der Waals surface area contributed by atoms with Gasteiger partial charge in [0, 0.05) is 11.6 Å². The highest BCUT2D eigenvalue weighted by Gasteiger charge is 2.38. The summed E-state index contributed by atoms with van der Waals surface area (Å²) in [5, 5.41) is 13.6. The van der Waals surface area contributed by atoms with Gasteiger partial charge < -0.3 is 10.4 Å². The van der Waals surface area contributed by atoms with Gasteiger partial charge in [-0.2, -0.15) is 0 Å². The third-order valence-corrected chi connectivity index (χ3v) is 5.46. The molecule has 1 heterocycles. The first kappa shape index (κ1) is 15.1. The molecule has 0 fully saturated rings. The Morgan fingerprint density at radius 3 is 2.50 bits per heavy atom. The zero-order valence-corrected chi connectivity index (χ0v) is 12.2. The van der Waals surface area contributed by atoms with E-state index in [4.69, 9.17) is 0 Å². The summed E-state index contributed by atoms with van der Waals surface area (Å²) < 4.78 is 21.4. The maximum absolute atomic E-state index is 11.9. The lowest BCUT2D eigenvalue weighted by molar-refractivity contribution is -0.117. The standard InChI is InChI=1S/C10H16N2O4S2/c1-6(13)7-5-17-9(11-7)12-8(14)10(2,3)18(4,15)16/h5-6,13H,1-4H3,(H,11,12,14). The van der Waals surface area contributed by atoms with Crippen LogP contribution in [0.25, 0.3) is 0 Å². The highest BCUT2D eigenvalue weighted by atomic mass is 32.2. The Bertz CT molecular complexity index is 546. The number of amides is 1. The van der Waals surface area contributed by atoms with E-state index < -0.39 is 26.6 Å². The van der Waals surface area contributed by atoms with E-state index >= 15 is 0 Å². The maximum Gasteiger partial charge on any atom is 0.247 e. The van der Waals surface area contributed by atoms with Crippen molar-refractivity contribution in [2.24, 2.45) is 0 Å². The smallest absolute Gasteiger partial charge is 0.247 e. The number of hydrogen-bond donors (Lipinski definition) is 2. The molecule has 18 heavy (non-hydrogen) atoms. The number of aromatic nitrogens is 1. The molecule has 1 aromatic rings. The van der Waals surface area contributed by atoms with E-state index in [1.165, 1.54) is 13.8 Å². The van der Waals surface area contributed by atoms with Crippen LogP contribution in [-0.2, 0) is 14.6 Å². The van der Waals surface area contributed by atoms with Crippen LogP contribution in [0.4, 0.5) is 5.13 Å². The highest BCUT2D eigenvalue weighted by Crippen LogP contribution is 2.23. The molecule has 8 heteroatoms. The lowest BCUT2D eigenvalue weighted by Gasteiger charge is -2.20. The largest absolute Gasteiger partial charge is 0.387 e. The van der Waals surface area contributed by atoms with Crippen molar-refractivity contribution in [2.75, 3.05) is 11.6 Å². The molecule has 1 atom stereocenters. The van der Waals surface area contributed by atoms with E-state index in [0.717, 1.165) is 17.6 Å². The van der Waals surface area contributed by atoms with E-state index in [1.54, 1.807) is 12.3 Å². The van der Waals surface area contributed by atoms with Crippen molar-refractivity contribution in [3.63, 3.8) is 0 Å². The second-order valence-electron chi connectivity index (χ2n) is 4.49. The predicted octanol–water partition coefficient (Wildman–Crippen LogP) is 0.958. The van der Waals surface area contributed by atoms with Crippen LogP contribution in [0, 0.1) is 0 Å². The van der Waals surface area contributed by atoms with Gasteiger partial charge in [0.15, 0.2) is 15.0 Å². The molecule has 1 aromatic heterocycles. The van der Waals surface area contributed by atoms with Gasteiger partial charge in [-0.15, -0.1) is 11.3 Å². The number of anilines is 1. The summed E-state index contributed by atoms with van der Waals surface area (Å²) >= 11 is 1.14. The van der Waals surface area contributed by atoms with Crippen LogP contribution in [0.5, 0.6) is 0 Å². The van der Waals surface area contributed by atoms with Crippen LogP contribution in [-0.4, -0.2) is 35.4 Å². The summed E-state index contributed by atoms with van der Waals surface area (Å²) in [4.78, 5) is 15.9. The second kappa shape index (κ2) is 4.94. The van der Waals surface area contributed by atoms with Crippen molar-refractivity contribution in [2.45, 2.75) is 31.6 Å². The number of hydrogen-bond acceptors (Lipinski definition) is 6. The molecule has 102 valence electrons. The average Bonchev–Trinajstić information content (AvgIpc) is 2.64. The van der Waals surface area contributed by atoms with Crippen molar-refractivity contribution in [1.29, 1.82) is 0 Å². The lowest BCUT2D eigenvalue weighted by atomic mass is 10.2. The first-order valence-corrected chi connectivity index (χ1v) is 7.97. The first-order valence-electron chi connectivity index (χ1n) is 5.20. The summed E-state index contributed by atoms with van der Waals surface area (Å²) in [6.45, 7) is 4.22. The molecular weight excluding hydrogens is 276 g/mol. The van der Waals surface area contributed by atoms with Crippen molar-refractivity contribution in [3.05, 3.63) is 11.1 Å². The maximum atomic E-state index is 11.9. The van der Waals surface area contributed by atoms with Crippen LogP contribution < -0.4 is 5.32 Å². The summed E-state index contributed by atoms with van der Waals surface area (Å²) in [6.07, 6.45) is 0.283. The fourth-order valence-corrected chi connectivity index (χ4v) is 2.13. The van der Waals surface area contributed by atoms with Gasteiger partial charge >= 0.3 is 0 Å². The third kappa shape index (κ3) is 3.06. The summed E-state index contributed by atoms with van der Waals surface area (Å²) in [5.74, 6) is -0.642. The molecule has 0 saturated heterocycles. The van der Waals surface area contributed by atoms with Gasteiger partial charge in [-0.1, -0.05) is 0 Å². The van der Waals surface area contributed by atoms with Crippen LogP contribution in [0.15, 0.2) is 5.38 Å². The molecule has 0 saturated carbocycles. The Hall–Kier alpha value is -0.990. The fourth-order valence-electron chi connectivity index (χ4n) is 0.951. The van der Waals surface area contributed by atoms with Crippen LogP contribution in [0.3, 0.4) is 0 Å². The molecule has 0 bridgehead atoms. The summed E-state index contributed by atoms with van der Waals surface area (Å²) in [7, 11) is -3.52. The van der Waals surface area contributed by atoms with Gasteiger partial charge in [0.1, 0.15) is 4.75 Å². The van der Waals surface area contributed by atoms with Gasteiger partial charge in [0.05, 0.1) is 11.8 Å². The van der Waals surface area contributed by atoms with Crippen molar-refractivity contribution in [3.8, 4) is 0 Å². The van der Waals surface area contributed by atoms with E-state index in [-0.39, 0.29) is 5.13 Å². The fraction of sp³-hybridized carbons (Fsp3) is 0.600. The molecule has 0 aromatic carbocycles. The van der Waals surface area contributed by atoms with E-state index in [2.05, 4.69) is 10.3 Å².